The Kier molecular flexibility index (Phi) is 5.21. The summed E-state index contributed by atoms with van der Waals surface area (Å²) in [7, 11) is 3.90. The second-order valence-electron chi connectivity index (χ2n) is 6.13. The van der Waals surface area contributed by atoms with Crippen molar-refractivity contribution in [1.82, 2.24) is 14.7 Å². The van der Waals surface area contributed by atoms with Crippen molar-refractivity contribution < 1.29 is 9.59 Å². The highest BCUT2D eigenvalue weighted by atomic mass is 16.2. The van der Waals surface area contributed by atoms with Gasteiger partial charge in [0.2, 0.25) is 5.82 Å². The van der Waals surface area contributed by atoms with Crippen LogP contribution in [0, 0.1) is 0 Å². The average molecular weight is 363 g/mol. The van der Waals surface area contributed by atoms with Gasteiger partial charge in [0.05, 0.1) is 5.52 Å². The van der Waals surface area contributed by atoms with Crippen LogP contribution in [0.3, 0.4) is 0 Å². The summed E-state index contributed by atoms with van der Waals surface area (Å²) in [6.07, 6.45) is 3.29. The maximum atomic E-state index is 12.7. The first-order chi connectivity index (χ1) is 13.0. The molecule has 0 spiro atoms. The van der Waals surface area contributed by atoms with Crippen molar-refractivity contribution >= 4 is 28.7 Å². The summed E-state index contributed by atoms with van der Waals surface area (Å²) >= 11 is 0. The zero-order valence-corrected chi connectivity index (χ0v) is 15.3. The maximum absolute atomic E-state index is 12.7. The molecule has 0 saturated carbocycles. The van der Waals surface area contributed by atoms with Gasteiger partial charge in [-0.3, -0.25) is 14.0 Å². The molecular formula is C20H21N5O2. The molecule has 0 aliphatic rings. The molecule has 0 atom stereocenters. The lowest BCUT2D eigenvalue weighted by Gasteiger charge is -2.12. The van der Waals surface area contributed by atoms with E-state index in [4.69, 9.17) is 0 Å². The number of hydrogen-bond acceptors (Lipinski definition) is 4. The number of anilines is 2. The minimum absolute atomic E-state index is 0.144. The van der Waals surface area contributed by atoms with Crippen LogP contribution >= 0.6 is 0 Å². The molecule has 27 heavy (non-hydrogen) atoms. The Balaban J connectivity index is 1.90. The molecule has 2 N–H and O–H groups in total. The van der Waals surface area contributed by atoms with Crippen molar-refractivity contribution in [3.8, 4) is 0 Å². The van der Waals surface area contributed by atoms with Crippen LogP contribution in [0.2, 0.25) is 0 Å². The van der Waals surface area contributed by atoms with Gasteiger partial charge in [0.1, 0.15) is 0 Å². The number of amides is 2. The Labute approximate surface area is 157 Å². The summed E-state index contributed by atoms with van der Waals surface area (Å²) in [5, 5.41) is 5.51. The van der Waals surface area contributed by atoms with E-state index in [1.54, 1.807) is 34.9 Å². The van der Waals surface area contributed by atoms with Crippen LogP contribution in [0.25, 0.3) is 5.52 Å². The molecule has 7 heteroatoms. The second-order valence-corrected chi connectivity index (χ2v) is 6.13. The average Bonchev–Trinajstić information content (AvgIpc) is 3.06. The van der Waals surface area contributed by atoms with Crippen molar-refractivity contribution in [1.29, 1.82) is 0 Å². The van der Waals surface area contributed by atoms with Gasteiger partial charge in [0, 0.05) is 38.2 Å². The van der Waals surface area contributed by atoms with Crippen LogP contribution in [0.4, 0.5) is 11.4 Å². The lowest BCUT2D eigenvalue weighted by atomic mass is 10.2. The number of imidazole rings is 1. The molecule has 7 nitrogen and oxygen atoms in total. The zero-order chi connectivity index (χ0) is 19.4. The molecule has 138 valence electrons. The number of nitrogens with zero attached hydrogens (tertiary/aromatic N) is 3. The second kappa shape index (κ2) is 7.74. The molecule has 0 aliphatic heterocycles. The molecule has 2 heterocycles. The van der Waals surface area contributed by atoms with E-state index in [9.17, 15) is 9.59 Å². The summed E-state index contributed by atoms with van der Waals surface area (Å²) in [5.74, 6) is -0.601. The minimum Gasteiger partial charge on any atom is -0.378 e. The molecule has 1 aromatic carbocycles. The first-order valence-corrected chi connectivity index (χ1v) is 8.46. The van der Waals surface area contributed by atoms with E-state index in [0.29, 0.717) is 17.7 Å². The number of rotatable bonds is 6. The van der Waals surface area contributed by atoms with Gasteiger partial charge in [0.15, 0.2) is 5.69 Å². The van der Waals surface area contributed by atoms with Crippen LogP contribution in [0.1, 0.15) is 21.1 Å². The lowest BCUT2D eigenvalue weighted by Crippen LogP contribution is -2.24. The Hall–Kier alpha value is -3.61. The lowest BCUT2D eigenvalue weighted by molar-refractivity contribution is 0.0955. The fraction of sp³-hybridized carbons (Fsp3) is 0.150. The maximum Gasteiger partial charge on any atom is 0.292 e. The third-order valence-corrected chi connectivity index (χ3v) is 4.02. The molecular weight excluding hydrogens is 342 g/mol. The number of benzene rings is 1. The highest BCUT2D eigenvalue weighted by Gasteiger charge is 2.21. The number of aromatic nitrogens is 2. The van der Waals surface area contributed by atoms with Gasteiger partial charge in [-0.2, -0.15) is 0 Å². The molecule has 2 aromatic heterocycles. The molecule has 2 amide bonds. The summed E-state index contributed by atoms with van der Waals surface area (Å²) in [6, 6.07) is 12.8. The number of hydrogen-bond donors (Lipinski definition) is 2. The third kappa shape index (κ3) is 3.82. The predicted molar refractivity (Wildman–Crippen MR) is 106 cm³/mol. The van der Waals surface area contributed by atoms with Crippen LogP contribution in [0.15, 0.2) is 61.3 Å². The van der Waals surface area contributed by atoms with E-state index in [-0.39, 0.29) is 17.4 Å². The molecule has 0 fully saturated rings. The topological polar surface area (TPSA) is 78.7 Å². The molecule has 0 radical (unpaired) electrons. The van der Waals surface area contributed by atoms with Crippen molar-refractivity contribution in [3.63, 3.8) is 0 Å². The third-order valence-electron chi connectivity index (χ3n) is 4.02. The Bertz CT molecular complexity index is 989. The first-order valence-electron chi connectivity index (χ1n) is 8.46. The number of nitrogens with one attached hydrogen (secondary N) is 2. The van der Waals surface area contributed by atoms with Crippen LogP contribution in [0.5, 0.6) is 0 Å². The largest absolute Gasteiger partial charge is 0.378 e. The fourth-order valence-corrected chi connectivity index (χ4v) is 2.64. The first kappa shape index (κ1) is 18.2. The molecule has 0 aliphatic carbocycles. The Morgan fingerprint density at radius 1 is 1.15 bits per heavy atom. The monoisotopic (exact) mass is 363 g/mol. The van der Waals surface area contributed by atoms with Crippen molar-refractivity contribution in [2.24, 2.45) is 0 Å². The number of carbonyl (C=O) groups excluding carboxylic acids is 2. The standard InChI is InChI=1S/C20H21N5O2/c1-4-12-21-19(26)17-16-7-5-6-13-25(16)18(23-17)20(27)22-14-8-10-15(11-9-14)24(2)3/h4-11,13H,1,12H2,2-3H3,(H,21,26)(H,22,27). The smallest absolute Gasteiger partial charge is 0.292 e. The highest BCUT2D eigenvalue weighted by molar-refractivity contribution is 6.06. The fourth-order valence-electron chi connectivity index (χ4n) is 2.64. The van der Waals surface area contributed by atoms with Crippen LogP contribution < -0.4 is 15.5 Å². The van der Waals surface area contributed by atoms with Gasteiger partial charge in [-0.1, -0.05) is 12.1 Å². The Morgan fingerprint density at radius 2 is 1.89 bits per heavy atom. The van der Waals surface area contributed by atoms with Crippen molar-refractivity contribution in [2.45, 2.75) is 0 Å². The summed E-state index contributed by atoms with van der Waals surface area (Å²) in [5.41, 5.74) is 2.44. The van der Waals surface area contributed by atoms with E-state index in [1.165, 1.54) is 0 Å². The van der Waals surface area contributed by atoms with Gasteiger partial charge in [-0.25, -0.2) is 4.98 Å². The van der Waals surface area contributed by atoms with E-state index < -0.39 is 5.91 Å². The van der Waals surface area contributed by atoms with Crippen molar-refractivity contribution in [3.05, 3.63) is 72.8 Å². The van der Waals surface area contributed by atoms with E-state index in [2.05, 4.69) is 22.2 Å². The number of pyridine rings is 1. The predicted octanol–water partition coefficient (Wildman–Crippen LogP) is 2.57. The van der Waals surface area contributed by atoms with Gasteiger partial charge in [-0.15, -0.1) is 6.58 Å². The van der Waals surface area contributed by atoms with Gasteiger partial charge in [0.25, 0.3) is 11.8 Å². The van der Waals surface area contributed by atoms with Gasteiger partial charge < -0.3 is 15.5 Å². The molecule has 3 aromatic rings. The summed E-state index contributed by atoms with van der Waals surface area (Å²) in [6.45, 7) is 3.90. The molecule has 0 saturated heterocycles. The Morgan fingerprint density at radius 3 is 2.56 bits per heavy atom. The van der Waals surface area contributed by atoms with Gasteiger partial charge >= 0.3 is 0 Å². The molecule has 0 bridgehead atoms. The number of carbonyl (C=O) groups is 2. The summed E-state index contributed by atoms with van der Waals surface area (Å²) in [4.78, 5) is 31.3. The SMILES string of the molecule is C=CCNC(=O)c1nc(C(=O)Nc2ccc(N(C)C)cc2)n2ccccc12. The highest BCUT2D eigenvalue weighted by Crippen LogP contribution is 2.18. The molecule has 3 rings (SSSR count). The van der Waals surface area contributed by atoms with E-state index in [1.807, 2.05) is 43.3 Å². The van der Waals surface area contributed by atoms with Crippen LogP contribution in [-0.2, 0) is 0 Å². The van der Waals surface area contributed by atoms with Crippen molar-refractivity contribution in [2.75, 3.05) is 30.9 Å². The van der Waals surface area contributed by atoms with E-state index >= 15 is 0 Å². The van der Waals surface area contributed by atoms with E-state index in [0.717, 1.165) is 5.69 Å². The normalized spacial score (nSPS) is 10.4. The van der Waals surface area contributed by atoms with Gasteiger partial charge in [-0.05, 0) is 36.4 Å². The summed E-state index contributed by atoms with van der Waals surface area (Å²) < 4.78 is 1.60. The zero-order valence-electron chi connectivity index (χ0n) is 15.3. The quantitative estimate of drug-likeness (QED) is 0.660. The number of fused-ring (bicyclic) bond motifs is 1. The van der Waals surface area contributed by atoms with Crippen LogP contribution in [-0.4, -0.2) is 41.8 Å². The minimum atomic E-state index is -0.392. The molecule has 0 unspecified atom stereocenters.